The number of nitrogens with zero attached hydrogens (tertiary/aromatic N) is 2. The minimum Gasteiger partial charge on any atom is -0.352 e. The summed E-state index contributed by atoms with van der Waals surface area (Å²) in [5.41, 5.74) is 2.85. The van der Waals surface area contributed by atoms with Crippen LogP contribution in [0.1, 0.15) is 28.2 Å². The van der Waals surface area contributed by atoms with Crippen molar-refractivity contribution in [3.05, 3.63) is 51.8 Å². The van der Waals surface area contributed by atoms with Crippen molar-refractivity contribution in [1.82, 2.24) is 15.1 Å². The monoisotopic (exact) mass is 335 g/mol. The van der Waals surface area contributed by atoms with Gasteiger partial charge in [0, 0.05) is 28.8 Å². The second-order valence-corrected chi connectivity index (χ2v) is 5.69. The molecule has 0 unspecified atom stereocenters. The summed E-state index contributed by atoms with van der Waals surface area (Å²) in [6.45, 7) is 5.49. The highest BCUT2D eigenvalue weighted by Crippen LogP contribution is 2.11. The molecule has 0 atom stereocenters. The highest BCUT2D eigenvalue weighted by atomic mass is 79.9. The third-order valence-electron chi connectivity index (χ3n) is 3.02. The maximum atomic E-state index is 11.9. The second-order valence-electron chi connectivity index (χ2n) is 4.77. The zero-order valence-corrected chi connectivity index (χ0v) is 13.3. The molecule has 0 saturated heterocycles. The van der Waals surface area contributed by atoms with Crippen LogP contribution in [-0.4, -0.2) is 22.2 Å². The van der Waals surface area contributed by atoms with E-state index in [4.69, 9.17) is 0 Å². The molecule has 0 radical (unpaired) electrons. The Morgan fingerprint density at radius 3 is 2.80 bits per heavy atom. The van der Waals surface area contributed by atoms with Gasteiger partial charge in [-0.1, -0.05) is 22.0 Å². The van der Waals surface area contributed by atoms with Crippen LogP contribution in [0.4, 0.5) is 0 Å². The molecule has 2 aromatic rings. The number of aromatic nitrogens is 2. The average Bonchev–Trinajstić information content (AvgIpc) is 2.73. The van der Waals surface area contributed by atoms with E-state index in [9.17, 15) is 4.79 Å². The summed E-state index contributed by atoms with van der Waals surface area (Å²) in [6.07, 6.45) is 0.863. The predicted molar refractivity (Wildman–Crippen MR) is 82.8 cm³/mol. The molecule has 106 valence electrons. The van der Waals surface area contributed by atoms with E-state index in [2.05, 4.69) is 32.4 Å². The van der Waals surface area contributed by atoms with Crippen LogP contribution >= 0.6 is 15.9 Å². The number of halogens is 1. The van der Waals surface area contributed by atoms with E-state index < -0.39 is 0 Å². The summed E-state index contributed by atoms with van der Waals surface area (Å²) in [5, 5.41) is 7.32. The fourth-order valence-electron chi connectivity index (χ4n) is 2.06. The second kappa shape index (κ2) is 6.70. The average molecular weight is 336 g/mol. The molecule has 2 rings (SSSR count). The maximum absolute atomic E-state index is 11.9. The zero-order chi connectivity index (χ0) is 14.5. The van der Waals surface area contributed by atoms with Crippen LogP contribution in [-0.2, 0) is 6.54 Å². The Kier molecular flexibility index (Phi) is 4.95. The standard InChI is InChI=1S/C15H18BrN3O/c1-11-9-12(2)19(18-11)8-4-7-17-15(20)13-5-3-6-14(16)10-13/h3,5-6,9-10H,4,7-8H2,1-2H3,(H,17,20). The first-order valence-electron chi connectivity index (χ1n) is 6.61. The Hall–Kier alpha value is -1.62. The predicted octanol–water partition coefficient (Wildman–Crippen LogP) is 3.08. The third kappa shape index (κ3) is 3.93. The van der Waals surface area contributed by atoms with Crippen molar-refractivity contribution < 1.29 is 4.79 Å². The van der Waals surface area contributed by atoms with Crippen LogP contribution in [0, 0.1) is 13.8 Å². The van der Waals surface area contributed by atoms with Crippen LogP contribution in [0.25, 0.3) is 0 Å². The van der Waals surface area contributed by atoms with E-state index >= 15 is 0 Å². The number of aryl methyl sites for hydroxylation is 3. The van der Waals surface area contributed by atoms with Gasteiger partial charge in [-0.25, -0.2) is 0 Å². The molecule has 5 heteroatoms. The van der Waals surface area contributed by atoms with Crippen molar-refractivity contribution in [2.45, 2.75) is 26.8 Å². The first kappa shape index (κ1) is 14.8. The number of carbonyl (C=O) groups is 1. The highest BCUT2D eigenvalue weighted by Gasteiger charge is 2.05. The van der Waals surface area contributed by atoms with Gasteiger partial charge in [0.05, 0.1) is 5.69 Å². The lowest BCUT2D eigenvalue weighted by molar-refractivity contribution is 0.0952. The molecule has 0 saturated carbocycles. The highest BCUT2D eigenvalue weighted by molar-refractivity contribution is 9.10. The van der Waals surface area contributed by atoms with E-state index in [1.54, 1.807) is 6.07 Å². The molecule has 20 heavy (non-hydrogen) atoms. The normalized spacial score (nSPS) is 10.6. The van der Waals surface area contributed by atoms with Gasteiger partial charge in [-0.2, -0.15) is 5.10 Å². The first-order valence-corrected chi connectivity index (χ1v) is 7.40. The van der Waals surface area contributed by atoms with Crippen LogP contribution in [0.5, 0.6) is 0 Å². The number of hydrogen-bond acceptors (Lipinski definition) is 2. The number of carbonyl (C=O) groups excluding carboxylic acids is 1. The molecule has 1 amide bonds. The summed E-state index contributed by atoms with van der Waals surface area (Å²) in [4.78, 5) is 11.9. The molecule has 1 heterocycles. The maximum Gasteiger partial charge on any atom is 0.251 e. The molecule has 0 aliphatic heterocycles. The number of hydrogen-bond donors (Lipinski definition) is 1. The Morgan fingerprint density at radius 2 is 2.15 bits per heavy atom. The van der Waals surface area contributed by atoms with E-state index in [0.717, 1.165) is 28.8 Å². The van der Waals surface area contributed by atoms with Crippen molar-refractivity contribution in [2.75, 3.05) is 6.54 Å². The van der Waals surface area contributed by atoms with E-state index in [1.807, 2.05) is 36.7 Å². The van der Waals surface area contributed by atoms with Gasteiger partial charge < -0.3 is 5.32 Å². The van der Waals surface area contributed by atoms with Crippen molar-refractivity contribution in [3.8, 4) is 0 Å². The Balaban J connectivity index is 1.79. The molecule has 0 fully saturated rings. The van der Waals surface area contributed by atoms with Crippen LogP contribution in [0.2, 0.25) is 0 Å². The molecular formula is C15H18BrN3O. The fourth-order valence-corrected chi connectivity index (χ4v) is 2.46. The topological polar surface area (TPSA) is 46.9 Å². The smallest absolute Gasteiger partial charge is 0.251 e. The van der Waals surface area contributed by atoms with Crippen LogP contribution in [0.15, 0.2) is 34.8 Å². The molecule has 1 aromatic heterocycles. The number of rotatable bonds is 5. The van der Waals surface area contributed by atoms with Crippen molar-refractivity contribution in [1.29, 1.82) is 0 Å². The van der Waals surface area contributed by atoms with Gasteiger partial charge in [0.1, 0.15) is 0 Å². The number of nitrogens with one attached hydrogen (secondary N) is 1. The van der Waals surface area contributed by atoms with Gasteiger partial charge in [-0.3, -0.25) is 9.48 Å². The van der Waals surface area contributed by atoms with Gasteiger partial charge in [-0.05, 0) is 44.5 Å². The summed E-state index contributed by atoms with van der Waals surface area (Å²) in [7, 11) is 0. The van der Waals surface area contributed by atoms with E-state index in [0.29, 0.717) is 12.1 Å². The molecule has 4 nitrogen and oxygen atoms in total. The van der Waals surface area contributed by atoms with Crippen LogP contribution < -0.4 is 5.32 Å². The van der Waals surface area contributed by atoms with Gasteiger partial charge in [0.25, 0.3) is 5.91 Å². The summed E-state index contributed by atoms with van der Waals surface area (Å²) in [5.74, 6) is -0.0420. The quantitative estimate of drug-likeness (QED) is 0.853. The lowest BCUT2D eigenvalue weighted by Crippen LogP contribution is -2.25. The summed E-state index contributed by atoms with van der Waals surface area (Å²) in [6, 6.07) is 9.44. The molecule has 0 bridgehead atoms. The first-order chi connectivity index (χ1) is 9.56. The Morgan fingerprint density at radius 1 is 1.35 bits per heavy atom. The molecule has 0 aliphatic rings. The molecule has 1 aromatic carbocycles. The third-order valence-corrected chi connectivity index (χ3v) is 3.52. The van der Waals surface area contributed by atoms with E-state index in [1.165, 1.54) is 0 Å². The van der Waals surface area contributed by atoms with Crippen LogP contribution in [0.3, 0.4) is 0 Å². The van der Waals surface area contributed by atoms with Crippen molar-refractivity contribution in [2.24, 2.45) is 0 Å². The van der Waals surface area contributed by atoms with Crippen molar-refractivity contribution >= 4 is 21.8 Å². The molecule has 1 N–H and O–H groups in total. The zero-order valence-electron chi connectivity index (χ0n) is 11.7. The molecular weight excluding hydrogens is 318 g/mol. The fraction of sp³-hybridized carbons (Fsp3) is 0.333. The van der Waals surface area contributed by atoms with Gasteiger partial charge in [0.15, 0.2) is 0 Å². The van der Waals surface area contributed by atoms with Gasteiger partial charge in [0.2, 0.25) is 0 Å². The number of benzene rings is 1. The lowest BCUT2D eigenvalue weighted by atomic mass is 10.2. The summed E-state index contributed by atoms with van der Waals surface area (Å²) >= 11 is 3.36. The lowest BCUT2D eigenvalue weighted by Gasteiger charge is -2.07. The summed E-state index contributed by atoms with van der Waals surface area (Å²) < 4.78 is 2.88. The number of amides is 1. The van der Waals surface area contributed by atoms with E-state index in [-0.39, 0.29) is 5.91 Å². The van der Waals surface area contributed by atoms with Gasteiger partial charge in [-0.15, -0.1) is 0 Å². The minimum absolute atomic E-state index is 0.0420. The van der Waals surface area contributed by atoms with Gasteiger partial charge >= 0.3 is 0 Å². The molecule has 0 aliphatic carbocycles. The Bertz CT molecular complexity index is 607. The minimum atomic E-state index is -0.0420. The van der Waals surface area contributed by atoms with Crippen molar-refractivity contribution in [3.63, 3.8) is 0 Å². The largest absolute Gasteiger partial charge is 0.352 e. The Labute approximate surface area is 127 Å². The molecule has 0 spiro atoms. The SMILES string of the molecule is Cc1cc(C)n(CCCNC(=O)c2cccc(Br)c2)n1.